The molecule has 2 nitrogen and oxygen atoms in total. The lowest BCUT2D eigenvalue weighted by atomic mass is 10.2. The summed E-state index contributed by atoms with van der Waals surface area (Å²) >= 11 is 7.28. The summed E-state index contributed by atoms with van der Waals surface area (Å²) in [6.45, 7) is -0.651. The molecule has 1 aromatic rings. The number of carbonyl (C=O) groups is 1. The average molecular weight is 296 g/mol. The summed E-state index contributed by atoms with van der Waals surface area (Å²) in [6.07, 6.45) is -2.55. The lowest BCUT2D eigenvalue weighted by molar-refractivity contribution is 0.0889. The van der Waals surface area contributed by atoms with Crippen molar-refractivity contribution in [1.82, 2.24) is 5.32 Å². The highest BCUT2D eigenvalue weighted by Crippen LogP contribution is 2.19. The van der Waals surface area contributed by atoms with Crippen molar-refractivity contribution in [2.24, 2.45) is 0 Å². The standard InChI is InChI=1S/C9H8BrF2NOS/c10-5-1-2-6(7(15)3-5)9(14)13-4-8(11)12/h1-3,8,15H,4H2,(H,13,14). The first-order valence-electron chi connectivity index (χ1n) is 4.05. The molecule has 0 saturated heterocycles. The average Bonchev–Trinajstić information content (AvgIpc) is 2.14. The summed E-state index contributed by atoms with van der Waals surface area (Å²) in [5.41, 5.74) is 0.280. The number of benzene rings is 1. The maximum absolute atomic E-state index is 11.8. The van der Waals surface area contributed by atoms with Crippen LogP contribution in [-0.2, 0) is 0 Å². The molecule has 82 valence electrons. The van der Waals surface area contributed by atoms with Crippen LogP contribution in [0, 0.1) is 0 Å². The van der Waals surface area contributed by atoms with Crippen LogP contribution in [0.1, 0.15) is 10.4 Å². The van der Waals surface area contributed by atoms with Crippen molar-refractivity contribution in [1.29, 1.82) is 0 Å². The van der Waals surface area contributed by atoms with E-state index < -0.39 is 18.9 Å². The molecule has 0 atom stereocenters. The van der Waals surface area contributed by atoms with Gasteiger partial charge in [-0.25, -0.2) is 8.78 Å². The largest absolute Gasteiger partial charge is 0.346 e. The van der Waals surface area contributed by atoms with Gasteiger partial charge in [0.25, 0.3) is 12.3 Å². The van der Waals surface area contributed by atoms with Crippen LogP contribution in [0.2, 0.25) is 0 Å². The lowest BCUT2D eigenvalue weighted by Gasteiger charge is -2.06. The zero-order valence-corrected chi connectivity index (χ0v) is 9.99. The van der Waals surface area contributed by atoms with E-state index in [1.165, 1.54) is 6.07 Å². The first-order chi connectivity index (χ1) is 7.00. The Morgan fingerprint density at radius 2 is 2.20 bits per heavy atom. The van der Waals surface area contributed by atoms with Crippen molar-refractivity contribution in [3.05, 3.63) is 28.2 Å². The number of thiol groups is 1. The zero-order chi connectivity index (χ0) is 11.4. The molecule has 0 spiro atoms. The fourth-order valence-electron chi connectivity index (χ4n) is 0.962. The summed E-state index contributed by atoms with van der Waals surface area (Å²) < 4.78 is 24.4. The van der Waals surface area contributed by atoms with E-state index in [0.29, 0.717) is 4.90 Å². The second-order valence-corrected chi connectivity index (χ2v) is 4.16. The minimum Gasteiger partial charge on any atom is -0.346 e. The van der Waals surface area contributed by atoms with Gasteiger partial charge in [0.2, 0.25) is 0 Å². The Morgan fingerprint density at radius 1 is 1.53 bits per heavy atom. The first-order valence-corrected chi connectivity index (χ1v) is 5.29. The Hall–Kier alpha value is -0.620. The molecular formula is C9H8BrF2NOS. The number of halogens is 3. The number of amides is 1. The molecule has 0 aliphatic carbocycles. The number of nitrogens with one attached hydrogen (secondary N) is 1. The Bertz CT molecular complexity index is 373. The Kier molecular flexibility index (Phi) is 4.53. The molecule has 15 heavy (non-hydrogen) atoms. The van der Waals surface area contributed by atoms with Gasteiger partial charge < -0.3 is 5.32 Å². The van der Waals surface area contributed by atoms with Crippen molar-refractivity contribution < 1.29 is 13.6 Å². The topological polar surface area (TPSA) is 29.1 Å². The smallest absolute Gasteiger partial charge is 0.255 e. The molecule has 1 rings (SSSR count). The third kappa shape index (κ3) is 3.79. The number of alkyl halides is 2. The Morgan fingerprint density at radius 3 is 2.73 bits per heavy atom. The van der Waals surface area contributed by atoms with E-state index in [1.807, 2.05) is 0 Å². The van der Waals surface area contributed by atoms with Crippen LogP contribution in [0.4, 0.5) is 8.78 Å². The number of hydrogen-bond acceptors (Lipinski definition) is 2. The Balaban J connectivity index is 2.74. The molecule has 0 aliphatic heterocycles. The van der Waals surface area contributed by atoms with E-state index >= 15 is 0 Å². The molecule has 0 unspecified atom stereocenters. The van der Waals surface area contributed by atoms with E-state index in [-0.39, 0.29) is 5.56 Å². The molecule has 1 aromatic carbocycles. The molecule has 0 bridgehead atoms. The van der Waals surface area contributed by atoms with E-state index in [4.69, 9.17) is 0 Å². The summed E-state index contributed by atoms with van der Waals surface area (Å²) in [5.74, 6) is -0.548. The maximum atomic E-state index is 11.8. The van der Waals surface area contributed by atoms with Gasteiger partial charge in [-0.3, -0.25) is 4.79 Å². The van der Waals surface area contributed by atoms with Gasteiger partial charge in [0.05, 0.1) is 12.1 Å². The van der Waals surface area contributed by atoms with Crippen LogP contribution >= 0.6 is 28.6 Å². The number of carbonyl (C=O) groups excluding carboxylic acids is 1. The fraction of sp³-hybridized carbons (Fsp3) is 0.222. The fourth-order valence-corrected chi connectivity index (χ4v) is 1.82. The second-order valence-electron chi connectivity index (χ2n) is 2.76. The Labute approximate surface area is 99.6 Å². The lowest BCUT2D eigenvalue weighted by Crippen LogP contribution is -2.28. The normalized spacial score (nSPS) is 10.5. The highest BCUT2D eigenvalue weighted by Gasteiger charge is 2.11. The van der Waals surface area contributed by atoms with Crippen molar-refractivity contribution in [2.75, 3.05) is 6.54 Å². The molecule has 0 fully saturated rings. The van der Waals surface area contributed by atoms with Crippen LogP contribution in [0.5, 0.6) is 0 Å². The van der Waals surface area contributed by atoms with Crippen LogP contribution < -0.4 is 5.32 Å². The summed E-state index contributed by atoms with van der Waals surface area (Å²) in [5, 5.41) is 2.11. The monoisotopic (exact) mass is 295 g/mol. The second kappa shape index (κ2) is 5.46. The highest BCUT2D eigenvalue weighted by atomic mass is 79.9. The maximum Gasteiger partial charge on any atom is 0.255 e. The van der Waals surface area contributed by atoms with E-state index in [1.54, 1.807) is 12.1 Å². The molecule has 0 radical (unpaired) electrons. The third-order valence-corrected chi connectivity index (χ3v) is 2.48. The van der Waals surface area contributed by atoms with Gasteiger partial charge in [-0.15, -0.1) is 12.6 Å². The molecular weight excluding hydrogens is 288 g/mol. The third-order valence-electron chi connectivity index (χ3n) is 1.62. The van der Waals surface area contributed by atoms with Gasteiger partial charge >= 0.3 is 0 Å². The van der Waals surface area contributed by atoms with Gasteiger partial charge in [-0.05, 0) is 18.2 Å². The minimum absolute atomic E-state index is 0.280. The highest BCUT2D eigenvalue weighted by molar-refractivity contribution is 9.10. The molecule has 1 N–H and O–H groups in total. The van der Waals surface area contributed by atoms with Gasteiger partial charge in [0.15, 0.2) is 0 Å². The van der Waals surface area contributed by atoms with Crippen LogP contribution in [0.3, 0.4) is 0 Å². The van der Waals surface area contributed by atoms with Crippen molar-refractivity contribution >= 4 is 34.5 Å². The van der Waals surface area contributed by atoms with Crippen molar-refractivity contribution in [2.45, 2.75) is 11.3 Å². The predicted molar refractivity (Wildman–Crippen MR) is 59.7 cm³/mol. The van der Waals surface area contributed by atoms with Gasteiger partial charge in [0.1, 0.15) is 0 Å². The van der Waals surface area contributed by atoms with E-state index in [9.17, 15) is 13.6 Å². The zero-order valence-electron chi connectivity index (χ0n) is 7.51. The van der Waals surface area contributed by atoms with Gasteiger partial charge in [0, 0.05) is 9.37 Å². The molecule has 6 heteroatoms. The molecule has 0 heterocycles. The minimum atomic E-state index is -2.55. The van der Waals surface area contributed by atoms with Gasteiger partial charge in [-0.2, -0.15) is 0 Å². The van der Waals surface area contributed by atoms with E-state index in [2.05, 4.69) is 33.9 Å². The predicted octanol–water partition coefficient (Wildman–Crippen LogP) is 2.73. The molecule has 1 amide bonds. The van der Waals surface area contributed by atoms with Crippen molar-refractivity contribution in [3.8, 4) is 0 Å². The summed E-state index contributed by atoms with van der Waals surface area (Å²) in [7, 11) is 0. The molecule has 0 aromatic heterocycles. The summed E-state index contributed by atoms with van der Waals surface area (Å²) in [4.78, 5) is 11.8. The van der Waals surface area contributed by atoms with Crippen molar-refractivity contribution in [3.63, 3.8) is 0 Å². The van der Waals surface area contributed by atoms with Crippen LogP contribution in [0.25, 0.3) is 0 Å². The SMILES string of the molecule is O=C(NCC(F)F)c1ccc(Br)cc1S. The quantitative estimate of drug-likeness (QED) is 0.825. The van der Waals surface area contributed by atoms with Crippen LogP contribution in [-0.4, -0.2) is 18.9 Å². The summed E-state index contributed by atoms with van der Waals surface area (Å²) in [6, 6.07) is 4.80. The first kappa shape index (κ1) is 12.4. The van der Waals surface area contributed by atoms with Crippen LogP contribution in [0.15, 0.2) is 27.6 Å². The van der Waals surface area contributed by atoms with E-state index in [0.717, 1.165) is 4.47 Å². The van der Waals surface area contributed by atoms with Gasteiger partial charge in [-0.1, -0.05) is 15.9 Å². The number of rotatable bonds is 3. The number of hydrogen-bond donors (Lipinski definition) is 2. The molecule has 0 aliphatic rings. The molecule has 0 saturated carbocycles.